The third kappa shape index (κ3) is 1.70. The van der Waals surface area contributed by atoms with Gasteiger partial charge in [-0.15, -0.1) is 0 Å². The summed E-state index contributed by atoms with van der Waals surface area (Å²) in [6.07, 6.45) is 0.402. The third-order valence-electron chi connectivity index (χ3n) is 1.74. The lowest BCUT2D eigenvalue weighted by Crippen LogP contribution is -2.20. The second kappa shape index (κ2) is 3.57. The van der Waals surface area contributed by atoms with Crippen LogP contribution in [-0.4, -0.2) is 33.9 Å². The van der Waals surface area contributed by atoms with Crippen molar-refractivity contribution in [3.05, 3.63) is 11.9 Å². The molecule has 1 aromatic rings. The molecule has 1 heterocycles. The average Bonchev–Trinajstić information content (AvgIpc) is 2.45. The summed E-state index contributed by atoms with van der Waals surface area (Å²) in [6, 6.07) is 0. The third-order valence-corrected chi connectivity index (χ3v) is 1.74. The van der Waals surface area contributed by atoms with Crippen molar-refractivity contribution in [3.8, 4) is 5.75 Å². The molecule has 5 heteroatoms. The molecule has 0 aliphatic heterocycles. The van der Waals surface area contributed by atoms with Gasteiger partial charge in [-0.05, 0) is 6.92 Å². The van der Waals surface area contributed by atoms with Gasteiger partial charge in [0.05, 0.1) is 13.3 Å². The van der Waals surface area contributed by atoms with Crippen molar-refractivity contribution in [2.75, 3.05) is 7.11 Å². The maximum Gasteiger partial charge on any atom is 0.212 e. The summed E-state index contributed by atoms with van der Waals surface area (Å²) >= 11 is 0. The van der Waals surface area contributed by atoms with Gasteiger partial charge in [0.1, 0.15) is 11.8 Å². The number of rotatable bonds is 3. The predicted octanol–water partition coefficient (Wildman–Crippen LogP) is -0.00780. The summed E-state index contributed by atoms with van der Waals surface area (Å²) in [4.78, 5) is 11.4. The molecule has 1 rings (SSSR count). The number of methoxy groups -OCH3 is 1. The number of aliphatic hydroxyl groups is 1. The van der Waals surface area contributed by atoms with Crippen molar-refractivity contribution < 1.29 is 14.6 Å². The van der Waals surface area contributed by atoms with E-state index in [9.17, 15) is 4.79 Å². The molecule has 1 aromatic heterocycles. The van der Waals surface area contributed by atoms with Gasteiger partial charge in [-0.3, -0.25) is 9.48 Å². The maximum absolute atomic E-state index is 11.4. The van der Waals surface area contributed by atoms with Crippen LogP contribution in [0.25, 0.3) is 0 Å². The van der Waals surface area contributed by atoms with Gasteiger partial charge in [0.15, 0.2) is 5.75 Å². The Labute approximate surface area is 75.9 Å². The second-order valence-corrected chi connectivity index (χ2v) is 2.73. The molecule has 1 atom stereocenters. The molecule has 1 unspecified atom stereocenters. The van der Waals surface area contributed by atoms with Crippen LogP contribution in [0.2, 0.25) is 0 Å². The van der Waals surface area contributed by atoms with E-state index in [2.05, 4.69) is 5.10 Å². The number of aromatic nitrogens is 2. The Balaban J connectivity index is 3.11. The van der Waals surface area contributed by atoms with Crippen LogP contribution < -0.4 is 4.74 Å². The Bertz CT molecular complexity index is 317. The summed E-state index contributed by atoms with van der Waals surface area (Å²) in [5.74, 6) is -0.00903. The molecule has 13 heavy (non-hydrogen) atoms. The fourth-order valence-electron chi connectivity index (χ4n) is 1.05. The largest absolute Gasteiger partial charge is 0.493 e. The summed E-state index contributed by atoms with van der Waals surface area (Å²) in [5.41, 5.74) is 0.289. The Morgan fingerprint density at radius 3 is 2.85 bits per heavy atom. The van der Waals surface area contributed by atoms with E-state index in [4.69, 9.17) is 9.84 Å². The van der Waals surface area contributed by atoms with Gasteiger partial charge in [0.2, 0.25) is 5.78 Å². The van der Waals surface area contributed by atoms with E-state index in [1.807, 2.05) is 0 Å². The van der Waals surface area contributed by atoms with E-state index >= 15 is 0 Å². The number of carbonyl (C=O) groups excluding carboxylic acids is 1. The minimum atomic E-state index is -1.04. The van der Waals surface area contributed by atoms with E-state index in [1.165, 1.54) is 24.9 Å². The van der Waals surface area contributed by atoms with Gasteiger partial charge < -0.3 is 9.84 Å². The molecular weight excluding hydrogens is 172 g/mol. The van der Waals surface area contributed by atoms with Crippen molar-refractivity contribution in [1.82, 2.24) is 9.78 Å². The molecule has 0 aliphatic rings. The minimum Gasteiger partial charge on any atom is -0.493 e. The average molecular weight is 184 g/mol. The number of carbonyl (C=O) groups is 1. The van der Waals surface area contributed by atoms with Gasteiger partial charge >= 0.3 is 0 Å². The van der Waals surface area contributed by atoms with Gasteiger partial charge in [0, 0.05) is 7.05 Å². The topological polar surface area (TPSA) is 64.4 Å². The highest BCUT2D eigenvalue weighted by molar-refractivity contribution is 5.99. The number of Topliss-reactive ketones (excluding diaryl/α,β-unsaturated/α-hetero) is 1. The summed E-state index contributed by atoms with van der Waals surface area (Å²) in [5, 5.41) is 12.9. The molecule has 0 radical (unpaired) electrons. The van der Waals surface area contributed by atoms with Gasteiger partial charge in [-0.1, -0.05) is 0 Å². The van der Waals surface area contributed by atoms with Crippen LogP contribution >= 0.6 is 0 Å². The number of ether oxygens (including phenoxy) is 1. The highest BCUT2D eigenvalue weighted by Crippen LogP contribution is 2.17. The Morgan fingerprint density at radius 1 is 1.77 bits per heavy atom. The summed E-state index contributed by atoms with van der Waals surface area (Å²) in [6.45, 7) is 1.41. The molecule has 1 N–H and O–H groups in total. The van der Waals surface area contributed by atoms with Crippen LogP contribution in [0.4, 0.5) is 0 Å². The molecular formula is C8H12N2O3. The Hall–Kier alpha value is -1.36. The van der Waals surface area contributed by atoms with Crippen LogP contribution in [-0.2, 0) is 7.05 Å². The zero-order chi connectivity index (χ0) is 10.0. The first-order valence-electron chi connectivity index (χ1n) is 3.86. The molecule has 5 nitrogen and oxygen atoms in total. The number of aryl methyl sites for hydroxylation is 1. The zero-order valence-electron chi connectivity index (χ0n) is 7.81. The number of nitrogens with zero attached hydrogens (tertiary/aromatic N) is 2. The summed E-state index contributed by atoms with van der Waals surface area (Å²) in [7, 11) is 3.08. The number of aliphatic hydroxyl groups excluding tert-OH is 1. The van der Waals surface area contributed by atoms with Gasteiger partial charge in [0.25, 0.3) is 0 Å². The first-order valence-corrected chi connectivity index (χ1v) is 3.86. The molecule has 0 bridgehead atoms. The first kappa shape index (κ1) is 9.73. The second-order valence-electron chi connectivity index (χ2n) is 2.73. The Morgan fingerprint density at radius 2 is 2.38 bits per heavy atom. The molecule has 0 aliphatic carbocycles. The minimum absolute atomic E-state index is 0.289. The molecule has 0 saturated carbocycles. The van der Waals surface area contributed by atoms with Gasteiger partial charge in [-0.2, -0.15) is 5.10 Å². The number of hydrogen-bond donors (Lipinski definition) is 1. The molecule has 0 spiro atoms. The fourth-order valence-corrected chi connectivity index (χ4v) is 1.05. The van der Waals surface area contributed by atoms with E-state index in [0.717, 1.165) is 0 Å². The number of ketones is 1. The van der Waals surface area contributed by atoms with Crippen LogP contribution in [0, 0.1) is 0 Å². The number of hydrogen-bond acceptors (Lipinski definition) is 4. The van der Waals surface area contributed by atoms with Crippen molar-refractivity contribution in [1.29, 1.82) is 0 Å². The molecule has 0 amide bonds. The monoisotopic (exact) mass is 184 g/mol. The standard InChI is InChI=1S/C8H12N2O3/c1-5(11)8(12)7-6(13-3)4-9-10(7)2/h4-5,11H,1-3H3. The Kier molecular flexibility index (Phi) is 2.67. The van der Waals surface area contributed by atoms with Crippen molar-refractivity contribution in [2.45, 2.75) is 13.0 Å². The normalized spacial score (nSPS) is 12.6. The highest BCUT2D eigenvalue weighted by atomic mass is 16.5. The first-order chi connectivity index (χ1) is 6.07. The van der Waals surface area contributed by atoms with Crippen LogP contribution in [0.15, 0.2) is 6.20 Å². The SMILES string of the molecule is COc1cnn(C)c1C(=O)C(C)O. The fraction of sp³-hybridized carbons (Fsp3) is 0.500. The highest BCUT2D eigenvalue weighted by Gasteiger charge is 2.21. The summed E-state index contributed by atoms with van der Waals surface area (Å²) < 4.78 is 6.31. The van der Waals surface area contributed by atoms with Crippen molar-refractivity contribution in [2.24, 2.45) is 7.05 Å². The predicted molar refractivity (Wildman–Crippen MR) is 45.8 cm³/mol. The lowest BCUT2D eigenvalue weighted by Gasteiger charge is -2.05. The quantitative estimate of drug-likeness (QED) is 0.671. The molecule has 72 valence electrons. The van der Waals surface area contributed by atoms with E-state index in [0.29, 0.717) is 5.75 Å². The maximum atomic E-state index is 11.4. The zero-order valence-corrected chi connectivity index (χ0v) is 7.81. The lowest BCUT2D eigenvalue weighted by molar-refractivity contribution is 0.0766. The van der Waals surface area contributed by atoms with E-state index < -0.39 is 11.9 Å². The molecule has 0 aromatic carbocycles. The van der Waals surface area contributed by atoms with Gasteiger partial charge in [-0.25, -0.2) is 0 Å². The van der Waals surface area contributed by atoms with Crippen LogP contribution in [0.1, 0.15) is 17.4 Å². The van der Waals surface area contributed by atoms with Crippen LogP contribution in [0.3, 0.4) is 0 Å². The lowest BCUT2D eigenvalue weighted by atomic mass is 10.2. The van der Waals surface area contributed by atoms with E-state index in [-0.39, 0.29) is 5.69 Å². The smallest absolute Gasteiger partial charge is 0.212 e. The molecule has 0 saturated heterocycles. The van der Waals surface area contributed by atoms with Crippen LogP contribution in [0.5, 0.6) is 5.75 Å². The van der Waals surface area contributed by atoms with Crippen molar-refractivity contribution >= 4 is 5.78 Å². The van der Waals surface area contributed by atoms with E-state index in [1.54, 1.807) is 7.05 Å². The van der Waals surface area contributed by atoms with Crippen molar-refractivity contribution in [3.63, 3.8) is 0 Å². The molecule has 0 fully saturated rings.